The zero-order chi connectivity index (χ0) is 25.6. The second-order valence-electron chi connectivity index (χ2n) is 10.4. The maximum atomic E-state index is 13.1. The number of aryl methyl sites for hydroxylation is 2. The first-order chi connectivity index (χ1) is 17.3. The van der Waals surface area contributed by atoms with Crippen LogP contribution in [0.2, 0.25) is 0 Å². The Bertz CT molecular complexity index is 1220. The predicted octanol–water partition coefficient (Wildman–Crippen LogP) is 4.44. The summed E-state index contributed by atoms with van der Waals surface area (Å²) in [5.74, 6) is -1.06. The molecule has 0 N–H and O–H groups in total. The molecule has 0 unspecified atom stereocenters. The zero-order valence-electron chi connectivity index (χ0n) is 21.0. The van der Waals surface area contributed by atoms with Gasteiger partial charge in [0.2, 0.25) is 17.7 Å². The van der Waals surface area contributed by atoms with Crippen LogP contribution >= 0.6 is 0 Å². The van der Waals surface area contributed by atoms with Gasteiger partial charge in [0, 0.05) is 18.7 Å². The number of amides is 3. The van der Waals surface area contributed by atoms with Crippen molar-refractivity contribution >= 4 is 35.1 Å². The number of benzene rings is 2. The normalized spacial score (nSPS) is 25.9. The third-order valence-corrected chi connectivity index (χ3v) is 7.93. The molecule has 3 aliphatic rings. The minimum atomic E-state index is -0.560. The monoisotopic (exact) mass is 488 g/mol. The van der Waals surface area contributed by atoms with Gasteiger partial charge < -0.3 is 9.64 Å². The second kappa shape index (κ2) is 9.52. The van der Waals surface area contributed by atoms with Crippen molar-refractivity contribution in [3.8, 4) is 5.75 Å². The molecule has 188 valence electrons. The second-order valence-corrected chi connectivity index (χ2v) is 10.4. The van der Waals surface area contributed by atoms with Crippen LogP contribution in [0.25, 0.3) is 0 Å². The van der Waals surface area contributed by atoms with E-state index in [4.69, 9.17) is 4.74 Å². The molecule has 0 bridgehead atoms. The summed E-state index contributed by atoms with van der Waals surface area (Å²) in [6.45, 7) is 6.28. The Morgan fingerprint density at radius 1 is 1.00 bits per heavy atom. The molecule has 4 atom stereocenters. The summed E-state index contributed by atoms with van der Waals surface area (Å²) < 4.78 is 5.62. The van der Waals surface area contributed by atoms with E-state index in [1.54, 1.807) is 30.0 Å². The molecular weight excluding hydrogens is 456 g/mol. The number of esters is 1. The molecule has 0 spiro atoms. The van der Waals surface area contributed by atoms with Gasteiger partial charge in [-0.25, -0.2) is 4.90 Å². The highest BCUT2D eigenvalue weighted by molar-refractivity contribution is 6.22. The van der Waals surface area contributed by atoms with Crippen LogP contribution in [0.5, 0.6) is 5.75 Å². The summed E-state index contributed by atoms with van der Waals surface area (Å²) >= 11 is 0. The lowest BCUT2D eigenvalue weighted by atomic mass is 9.76. The maximum absolute atomic E-state index is 13.1. The molecule has 2 aromatic carbocycles. The van der Waals surface area contributed by atoms with E-state index in [2.05, 4.69) is 13.8 Å². The van der Waals surface area contributed by atoms with Gasteiger partial charge in [-0.1, -0.05) is 26.0 Å². The van der Waals surface area contributed by atoms with E-state index in [1.807, 2.05) is 24.3 Å². The van der Waals surface area contributed by atoms with E-state index >= 15 is 0 Å². The number of fused-ring (bicyclic) bond motifs is 1. The summed E-state index contributed by atoms with van der Waals surface area (Å²) in [5, 5.41) is 0. The topological polar surface area (TPSA) is 84.0 Å². The first kappa shape index (κ1) is 24.2. The predicted molar refractivity (Wildman–Crippen MR) is 136 cm³/mol. The van der Waals surface area contributed by atoms with Crippen LogP contribution in [-0.2, 0) is 25.6 Å². The lowest BCUT2D eigenvalue weighted by Gasteiger charge is -2.25. The van der Waals surface area contributed by atoms with Crippen molar-refractivity contribution in [3.05, 3.63) is 53.6 Å². The van der Waals surface area contributed by atoms with Gasteiger partial charge in [0.1, 0.15) is 5.75 Å². The number of ether oxygens (including phenoxy) is 1. The van der Waals surface area contributed by atoms with E-state index in [-0.39, 0.29) is 42.5 Å². The maximum Gasteiger partial charge on any atom is 0.316 e. The first-order valence-corrected chi connectivity index (χ1v) is 12.9. The van der Waals surface area contributed by atoms with Crippen LogP contribution in [0.4, 0.5) is 11.4 Å². The minimum Gasteiger partial charge on any atom is -0.426 e. The van der Waals surface area contributed by atoms with Crippen molar-refractivity contribution in [2.45, 2.75) is 52.9 Å². The average Bonchev–Trinajstić information content (AvgIpc) is 3.37. The molecule has 0 aromatic heterocycles. The number of imide groups is 1. The first-order valence-electron chi connectivity index (χ1n) is 12.9. The van der Waals surface area contributed by atoms with Gasteiger partial charge in [-0.05, 0) is 80.0 Å². The number of carbonyl (C=O) groups excluding carboxylic acids is 4. The Balaban J connectivity index is 1.26. The lowest BCUT2D eigenvalue weighted by Crippen LogP contribution is -2.31. The largest absolute Gasteiger partial charge is 0.426 e. The van der Waals surface area contributed by atoms with Crippen LogP contribution in [0.3, 0.4) is 0 Å². The van der Waals surface area contributed by atoms with Gasteiger partial charge in [0.05, 0.1) is 23.4 Å². The Morgan fingerprint density at radius 2 is 1.72 bits per heavy atom. The quantitative estimate of drug-likeness (QED) is 0.353. The SMILES string of the molecule is CCc1ccc(N2C[C@H](C(=O)Oc3ccc(N4C(=O)[C@H]5C[C@@H](C)CC[C@H]5C4=O)c(C)c3)CC2=O)cc1. The van der Waals surface area contributed by atoms with E-state index in [1.165, 1.54) is 10.5 Å². The molecule has 2 saturated heterocycles. The van der Waals surface area contributed by atoms with Crippen molar-refractivity contribution in [3.63, 3.8) is 0 Å². The van der Waals surface area contributed by atoms with Crippen molar-refractivity contribution < 1.29 is 23.9 Å². The third kappa shape index (κ3) is 4.31. The number of nitrogens with zero attached hydrogens (tertiary/aromatic N) is 2. The van der Waals surface area contributed by atoms with E-state index in [0.29, 0.717) is 22.9 Å². The van der Waals surface area contributed by atoms with Gasteiger partial charge in [-0.3, -0.25) is 19.2 Å². The van der Waals surface area contributed by atoms with Gasteiger partial charge in [-0.2, -0.15) is 0 Å². The standard InChI is InChI=1S/C29H32N2O5/c1-4-19-6-8-21(9-7-19)30-16-20(15-26(30)32)29(35)36-22-10-12-25(18(3)14-22)31-27(33)23-11-5-17(2)13-24(23)28(31)34/h6-10,12,14,17,20,23-24H,4-5,11,13,15-16H2,1-3H3/t17-,20+,23+,24-/m0/s1. The summed E-state index contributed by atoms with van der Waals surface area (Å²) in [4.78, 5) is 54.5. The molecule has 7 nitrogen and oxygen atoms in total. The molecule has 7 heteroatoms. The fraction of sp³-hybridized carbons (Fsp3) is 0.448. The van der Waals surface area contributed by atoms with Crippen LogP contribution in [0.1, 0.15) is 50.7 Å². The number of hydrogen-bond acceptors (Lipinski definition) is 5. The minimum absolute atomic E-state index is 0.101. The molecule has 3 fully saturated rings. The van der Waals surface area contributed by atoms with Crippen molar-refractivity contribution in [1.82, 2.24) is 0 Å². The molecule has 5 rings (SSSR count). The lowest BCUT2D eigenvalue weighted by molar-refractivity contribution is -0.139. The molecule has 2 aromatic rings. The number of rotatable bonds is 5. The summed E-state index contributed by atoms with van der Waals surface area (Å²) in [6, 6.07) is 12.8. The summed E-state index contributed by atoms with van der Waals surface area (Å²) in [6.07, 6.45) is 3.49. The van der Waals surface area contributed by atoms with Crippen LogP contribution in [-0.4, -0.2) is 30.2 Å². The fourth-order valence-corrected chi connectivity index (χ4v) is 5.80. The van der Waals surface area contributed by atoms with Crippen molar-refractivity contribution in [2.75, 3.05) is 16.3 Å². The van der Waals surface area contributed by atoms with E-state index < -0.39 is 11.9 Å². The Labute approximate surface area is 211 Å². The molecular formula is C29H32N2O5. The fourth-order valence-electron chi connectivity index (χ4n) is 5.80. The van der Waals surface area contributed by atoms with Crippen LogP contribution in [0.15, 0.2) is 42.5 Å². The smallest absolute Gasteiger partial charge is 0.316 e. The van der Waals surface area contributed by atoms with Gasteiger partial charge >= 0.3 is 5.97 Å². The van der Waals surface area contributed by atoms with E-state index in [9.17, 15) is 19.2 Å². The highest BCUT2D eigenvalue weighted by atomic mass is 16.5. The van der Waals surface area contributed by atoms with Crippen LogP contribution in [0, 0.1) is 30.6 Å². The molecule has 0 radical (unpaired) electrons. The van der Waals surface area contributed by atoms with Crippen LogP contribution < -0.4 is 14.5 Å². The molecule has 36 heavy (non-hydrogen) atoms. The molecule has 2 aliphatic heterocycles. The highest BCUT2D eigenvalue weighted by Crippen LogP contribution is 2.43. The summed E-state index contributed by atoms with van der Waals surface area (Å²) in [7, 11) is 0. The molecule has 1 aliphatic carbocycles. The Morgan fingerprint density at radius 3 is 2.42 bits per heavy atom. The average molecular weight is 489 g/mol. The Hall–Kier alpha value is -3.48. The third-order valence-electron chi connectivity index (χ3n) is 7.93. The summed E-state index contributed by atoms with van der Waals surface area (Å²) in [5.41, 5.74) is 3.20. The number of carbonyl (C=O) groups is 4. The molecule has 2 heterocycles. The molecule has 3 amide bonds. The van der Waals surface area contributed by atoms with Crippen molar-refractivity contribution in [1.29, 1.82) is 0 Å². The van der Waals surface area contributed by atoms with Crippen molar-refractivity contribution in [2.24, 2.45) is 23.7 Å². The van der Waals surface area contributed by atoms with Gasteiger partial charge in [-0.15, -0.1) is 0 Å². The molecule has 1 saturated carbocycles. The van der Waals surface area contributed by atoms with E-state index in [0.717, 1.165) is 31.4 Å². The van der Waals surface area contributed by atoms with Gasteiger partial charge in [0.25, 0.3) is 0 Å². The number of hydrogen-bond donors (Lipinski definition) is 0. The number of anilines is 2. The highest BCUT2D eigenvalue weighted by Gasteiger charge is 2.50. The Kier molecular flexibility index (Phi) is 6.41. The zero-order valence-corrected chi connectivity index (χ0v) is 21.0. The van der Waals surface area contributed by atoms with Gasteiger partial charge in [0.15, 0.2) is 0 Å².